The summed E-state index contributed by atoms with van der Waals surface area (Å²) >= 11 is 6.05. The summed E-state index contributed by atoms with van der Waals surface area (Å²) in [6.45, 7) is 6.00. The van der Waals surface area contributed by atoms with Crippen LogP contribution in [0, 0.1) is 5.82 Å². The topological polar surface area (TPSA) is 93.1 Å². The molecular formula is C28H32ClF5N6O4. The molecule has 4 saturated heterocycles. The molecule has 0 radical (unpaired) electrons. The van der Waals surface area contributed by atoms with E-state index in [4.69, 9.17) is 25.8 Å². The monoisotopic (exact) mass is 646 g/mol. The average Bonchev–Trinajstić information content (AvgIpc) is 3.52. The van der Waals surface area contributed by atoms with Gasteiger partial charge in [-0.3, -0.25) is 9.80 Å². The van der Waals surface area contributed by atoms with Crippen LogP contribution in [0.15, 0.2) is 0 Å². The fraction of sp³-hybridized carbons (Fsp3) is 0.714. The first-order chi connectivity index (χ1) is 20.6. The van der Waals surface area contributed by atoms with E-state index in [0.717, 1.165) is 13.0 Å². The van der Waals surface area contributed by atoms with Gasteiger partial charge in [0.05, 0.1) is 23.7 Å². The molecular weight excluding hydrogens is 615 g/mol. The van der Waals surface area contributed by atoms with Gasteiger partial charge in [-0.1, -0.05) is 11.6 Å². The predicted molar refractivity (Wildman–Crippen MR) is 147 cm³/mol. The smallest absolute Gasteiger partial charge is 0.427 e. The van der Waals surface area contributed by atoms with Crippen LogP contribution in [-0.2, 0) is 4.74 Å². The number of nitrogens with zero attached hydrogens (tertiary/aromatic N) is 6. The Morgan fingerprint density at radius 2 is 1.93 bits per heavy atom. The van der Waals surface area contributed by atoms with Gasteiger partial charge in [-0.25, -0.2) is 13.6 Å². The Kier molecular flexibility index (Phi) is 6.78. The van der Waals surface area contributed by atoms with Crippen LogP contribution in [0.4, 0.5) is 32.6 Å². The van der Waals surface area contributed by atoms with E-state index in [-0.39, 0.29) is 49.8 Å². The molecule has 0 spiro atoms. The van der Waals surface area contributed by atoms with Gasteiger partial charge in [0.25, 0.3) is 0 Å². The highest BCUT2D eigenvalue weighted by molar-refractivity contribution is 6.30. The quantitative estimate of drug-likeness (QED) is 0.336. The summed E-state index contributed by atoms with van der Waals surface area (Å²) in [5, 5.41) is -0.899. The average molecular weight is 647 g/mol. The zero-order valence-corrected chi connectivity index (χ0v) is 25.1. The van der Waals surface area contributed by atoms with Gasteiger partial charge in [0.1, 0.15) is 35.1 Å². The Balaban J connectivity index is 1.33. The summed E-state index contributed by atoms with van der Waals surface area (Å²) in [6, 6.07) is -3.24. The van der Waals surface area contributed by atoms with Crippen LogP contribution in [0.25, 0.3) is 10.9 Å². The molecule has 7 heterocycles. The van der Waals surface area contributed by atoms with Gasteiger partial charge in [-0.15, -0.1) is 0 Å². The van der Waals surface area contributed by atoms with Crippen molar-refractivity contribution >= 4 is 34.4 Å². The molecule has 0 aromatic carbocycles. The molecule has 4 fully saturated rings. The van der Waals surface area contributed by atoms with Gasteiger partial charge in [0, 0.05) is 19.5 Å². The third-order valence-electron chi connectivity index (χ3n) is 9.36. The van der Waals surface area contributed by atoms with Crippen LogP contribution in [0.5, 0.6) is 11.9 Å². The van der Waals surface area contributed by atoms with E-state index in [9.17, 15) is 22.4 Å². The molecule has 16 heteroatoms. The van der Waals surface area contributed by atoms with E-state index >= 15 is 4.39 Å². The van der Waals surface area contributed by atoms with Crippen LogP contribution in [0.2, 0.25) is 5.15 Å². The minimum absolute atomic E-state index is 0.0223. The standard InChI is InChI=1S/C28H32ClF5N6O4/c1-26(2,3)44-25(41)40-14-5-6-15(40)19-20(28(32,33)34)43-23-16-18(17(31)21(29)36-23)35-24(37-22(16)39(19)11-14)42-12-27-7-4-8-38(27)10-13(30)9-27/h13-15,19-20H,4-12H2,1-3H3/t13-,14-,15+,19+,20-,27+/m1/s1. The maximum absolute atomic E-state index is 15.5. The second-order valence-electron chi connectivity index (χ2n) is 13.3. The fourth-order valence-corrected chi connectivity index (χ4v) is 7.87. The van der Waals surface area contributed by atoms with E-state index in [1.807, 2.05) is 4.90 Å². The van der Waals surface area contributed by atoms with Crippen molar-refractivity contribution in [3.05, 3.63) is 11.0 Å². The molecule has 10 nitrogen and oxygen atoms in total. The van der Waals surface area contributed by atoms with E-state index in [1.165, 1.54) is 9.80 Å². The molecule has 240 valence electrons. The highest BCUT2D eigenvalue weighted by Gasteiger charge is 2.61. The molecule has 2 aromatic rings. The van der Waals surface area contributed by atoms with Crippen molar-refractivity contribution in [3.8, 4) is 11.9 Å². The summed E-state index contributed by atoms with van der Waals surface area (Å²) in [4.78, 5) is 30.7. The van der Waals surface area contributed by atoms with Crippen LogP contribution in [-0.4, -0.2) is 105 Å². The lowest BCUT2D eigenvalue weighted by Crippen LogP contribution is -2.68. The predicted octanol–water partition coefficient (Wildman–Crippen LogP) is 5.05. The van der Waals surface area contributed by atoms with Gasteiger partial charge in [-0.2, -0.15) is 28.1 Å². The molecule has 0 unspecified atom stereocenters. The van der Waals surface area contributed by atoms with Crippen molar-refractivity contribution in [2.24, 2.45) is 0 Å². The molecule has 6 atom stereocenters. The first kappa shape index (κ1) is 29.8. The van der Waals surface area contributed by atoms with Gasteiger partial charge in [-0.05, 0) is 53.0 Å². The molecule has 0 N–H and O–H groups in total. The number of hydrogen-bond acceptors (Lipinski definition) is 9. The van der Waals surface area contributed by atoms with Crippen molar-refractivity contribution in [1.29, 1.82) is 0 Å². The number of carbonyl (C=O) groups is 1. The van der Waals surface area contributed by atoms with E-state index in [2.05, 4.69) is 15.0 Å². The van der Waals surface area contributed by atoms with Crippen molar-refractivity contribution in [3.63, 3.8) is 0 Å². The maximum Gasteiger partial charge on any atom is 0.427 e. The number of hydrogen-bond donors (Lipinski definition) is 0. The Morgan fingerprint density at radius 1 is 1.16 bits per heavy atom. The number of rotatable bonds is 3. The summed E-state index contributed by atoms with van der Waals surface area (Å²) < 4.78 is 91.5. The van der Waals surface area contributed by atoms with E-state index in [0.29, 0.717) is 12.8 Å². The lowest BCUT2D eigenvalue weighted by Gasteiger charge is -2.48. The summed E-state index contributed by atoms with van der Waals surface area (Å²) in [5.41, 5.74) is -1.85. The zero-order valence-electron chi connectivity index (χ0n) is 24.3. The summed E-state index contributed by atoms with van der Waals surface area (Å²) in [6.07, 6.45) is -6.64. The number of ether oxygens (including phenoxy) is 3. The molecule has 1 amide bonds. The number of alkyl halides is 4. The summed E-state index contributed by atoms with van der Waals surface area (Å²) in [5.74, 6) is -1.69. The largest absolute Gasteiger partial charge is 0.462 e. The van der Waals surface area contributed by atoms with Crippen LogP contribution < -0.4 is 14.4 Å². The number of halogens is 6. The second kappa shape index (κ2) is 10.0. The number of pyridine rings is 1. The minimum Gasteiger partial charge on any atom is -0.462 e. The Hall–Kier alpha value is -2.94. The molecule has 2 aromatic heterocycles. The lowest BCUT2D eigenvalue weighted by atomic mass is 9.95. The number of amides is 1. The fourth-order valence-electron chi connectivity index (χ4n) is 7.71. The Labute approximate surface area is 254 Å². The van der Waals surface area contributed by atoms with E-state index < -0.39 is 76.2 Å². The van der Waals surface area contributed by atoms with Crippen molar-refractivity contribution < 1.29 is 41.0 Å². The number of anilines is 1. The van der Waals surface area contributed by atoms with Gasteiger partial charge in [0.15, 0.2) is 11.0 Å². The maximum atomic E-state index is 15.5. The van der Waals surface area contributed by atoms with Crippen molar-refractivity contribution in [2.45, 2.75) is 101 Å². The number of piperazine rings is 1. The Bertz CT molecular complexity index is 1510. The normalized spacial score (nSPS) is 31.5. The van der Waals surface area contributed by atoms with Crippen molar-refractivity contribution in [1.82, 2.24) is 24.8 Å². The number of carbonyl (C=O) groups excluding carboxylic acids is 1. The molecule has 5 aliphatic heterocycles. The molecule has 5 aliphatic rings. The SMILES string of the molecule is CC(C)(C)OC(=O)N1[C@@H]2CC[C@H]1[C@H]1[C@H](C(F)(F)F)Oc3nc(Cl)c(F)c4nc(OC[C@@]56CCCN5C[C@H](F)C6)nc(c34)N1C2. The summed E-state index contributed by atoms with van der Waals surface area (Å²) in [7, 11) is 0. The molecule has 7 rings (SSSR count). The first-order valence-electron chi connectivity index (χ1n) is 14.8. The zero-order chi connectivity index (χ0) is 31.3. The van der Waals surface area contributed by atoms with Gasteiger partial charge in [0.2, 0.25) is 12.0 Å². The van der Waals surface area contributed by atoms with Gasteiger partial charge < -0.3 is 19.1 Å². The third kappa shape index (κ3) is 4.76. The molecule has 0 aliphatic carbocycles. The lowest BCUT2D eigenvalue weighted by molar-refractivity contribution is -0.206. The third-order valence-corrected chi connectivity index (χ3v) is 9.61. The molecule has 44 heavy (non-hydrogen) atoms. The van der Waals surface area contributed by atoms with Crippen molar-refractivity contribution in [2.75, 3.05) is 31.1 Å². The number of fused-ring (bicyclic) bond motifs is 6. The van der Waals surface area contributed by atoms with Gasteiger partial charge >= 0.3 is 18.3 Å². The highest BCUT2D eigenvalue weighted by Crippen LogP contribution is 2.49. The molecule has 0 saturated carbocycles. The van der Waals surface area contributed by atoms with E-state index in [1.54, 1.807) is 20.8 Å². The minimum atomic E-state index is -4.92. The van der Waals surface area contributed by atoms with Crippen LogP contribution in [0.3, 0.4) is 0 Å². The second-order valence-corrected chi connectivity index (χ2v) is 13.7. The highest BCUT2D eigenvalue weighted by atomic mass is 35.5. The van der Waals surface area contributed by atoms with Crippen LogP contribution in [0.1, 0.15) is 52.9 Å². The first-order valence-corrected chi connectivity index (χ1v) is 15.1. The Morgan fingerprint density at radius 3 is 2.66 bits per heavy atom. The molecule has 2 bridgehead atoms. The van der Waals surface area contributed by atoms with Crippen LogP contribution >= 0.6 is 11.6 Å². The number of aromatic nitrogens is 3.